The summed E-state index contributed by atoms with van der Waals surface area (Å²) in [7, 11) is 1.87. The summed E-state index contributed by atoms with van der Waals surface area (Å²) >= 11 is 0. The van der Waals surface area contributed by atoms with Crippen LogP contribution >= 0.6 is 0 Å². The Bertz CT molecular complexity index is 625. The predicted octanol–water partition coefficient (Wildman–Crippen LogP) is 2.86. The lowest BCUT2D eigenvalue weighted by Gasteiger charge is -2.22. The van der Waals surface area contributed by atoms with Gasteiger partial charge in [0.25, 0.3) is 0 Å². The molecule has 0 amide bonds. The SMILES string of the molecule is CC.CC(=O)c1ccc2cc(N(C)CC(O)CO)ccc2c1. The van der Waals surface area contributed by atoms with Crippen LogP contribution in [0.3, 0.4) is 0 Å². The van der Waals surface area contributed by atoms with E-state index >= 15 is 0 Å². The van der Waals surface area contributed by atoms with Gasteiger partial charge in [0.15, 0.2) is 5.78 Å². The van der Waals surface area contributed by atoms with Crippen molar-refractivity contribution in [2.45, 2.75) is 26.9 Å². The fraction of sp³-hybridized carbons (Fsp3) is 0.389. The van der Waals surface area contributed by atoms with Crippen molar-refractivity contribution in [1.29, 1.82) is 0 Å². The van der Waals surface area contributed by atoms with Crippen molar-refractivity contribution in [1.82, 2.24) is 0 Å². The first kappa shape index (κ1) is 18.1. The molecule has 0 radical (unpaired) electrons. The predicted molar refractivity (Wildman–Crippen MR) is 91.7 cm³/mol. The van der Waals surface area contributed by atoms with E-state index < -0.39 is 6.10 Å². The number of aliphatic hydroxyl groups excluding tert-OH is 2. The van der Waals surface area contributed by atoms with Gasteiger partial charge < -0.3 is 15.1 Å². The summed E-state index contributed by atoms with van der Waals surface area (Å²) in [5, 5.41) is 20.4. The topological polar surface area (TPSA) is 60.8 Å². The van der Waals surface area contributed by atoms with Crippen LogP contribution in [-0.2, 0) is 0 Å². The van der Waals surface area contributed by atoms with Gasteiger partial charge in [0, 0.05) is 24.8 Å². The van der Waals surface area contributed by atoms with Crippen molar-refractivity contribution in [3.8, 4) is 0 Å². The Morgan fingerprint density at radius 1 is 1.14 bits per heavy atom. The molecule has 0 aliphatic carbocycles. The molecular formula is C18H25NO3. The van der Waals surface area contributed by atoms with E-state index in [1.54, 1.807) is 6.92 Å². The standard InChI is InChI=1S/C16H19NO3.C2H6/c1-11(19)12-3-4-14-8-15(6-5-13(14)7-12)17(2)9-16(20)10-18;1-2/h3-8,16,18,20H,9-10H2,1-2H3;1-2H3. The van der Waals surface area contributed by atoms with E-state index in [2.05, 4.69) is 0 Å². The lowest BCUT2D eigenvalue weighted by molar-refractivity contribution is 0.101. The maximum Gasteiger partial charge on any atom is 0.159 e. The number of Topliss-reactive ketones (excluding diaryl/α,β-unsaturated/α-hetero) is 1. The summed E-state index contributed by atoms with van der Waals surface area (Å²) in [6.45, 7) is 5.67. The molecule has 0 aromatic heterocycles. The van der Waals surface area contributed by atoms with E-state index in [9.17, 15) is 9.90 Å². The van der Waals surface area contributed by atoms with E-state index in [0.717, 1.165) is 16.5 Å². The van der Waals surface area contributed by atoms with Crippen molar-refractivity contribution in [3.05, 3.63) is 42.0 Å². The molecule has 22 heavy (non-hydrogen) atoms. The summed E-state index contributed by atoms with van der Waals surface area (Å²) in [5.41, 5.74) is 1.66. The molecule has 0 aliphatic rings. The molecule has 4 nitrogen and oxygen atoms in total. The summed E-state index contributed by atoms with van der Waals surface area (Å²) in [5.74, 6) is 0.0548. The number of nitrogens with zero attached hydrogens (tertiary/aromatic N) is 1. The van der Waals surface area contributed by atoms with Gasteiger partial charge in [0.1, 0.15) is 0 Å². The Morgan fingerprint density at radius 3 is 2.32 bits per heavy atom. The Labute approximate surface area is 132 Å². The van der Waals surface area contributed by atoms with Crippen LogP contribution in [0.2, 0.25) is 0 Å². The lowest BCUT2D eigenvalue weighted by Crippen LogP contribution is -2.31. The van der Waals surface area contributed by atoms with Gasteiger partial charge in [0.2, 0.25) is 0 Å². The zero-order valence-electron chi connectivity index (χ0n) is 13.7. The second-order valence-electron chi connectivity index (χ2n) is 5.02. The van der Waals surface area contributed by atoms with Crippen molar-refractivity contribution in [3.63, 3.8) is 0 Å². The first-order chi connectivity index (χ1) is 10.5. The number of anilines is 1. The van der Waals surface area contributed by atoms with Crippen LogP contribution < -0.4 is 4.90 Å². The monoisotopic (exact) mass is 303 g/mol. The van der Waals surface area contributed by atoms with Crippen molar-refractivity contribution < 1.29 is 15.0 Å². The second-order valence-corrected chi connectivity index (χ2v) is 5.02. The van der Waals surface area contributed by atoms with Crippen LogP contribution in [0.5, 0.6) is 0 Å². The zero-order chi connectivity index (χ0) is 16.7. The highest BCUT2D eigenvalue weighted by atomic mass is 16.3. The Balaban J connectivity index is 0.00000116. The summed E-state index contributed by atoms with van der Waals surface area (Å²) < 4.78 is 0. The Kier molecular flexibility index (Phi) is 7.02. The van der Waals surface area contributed by atoms with Crippen LogP contribution in [0.15, 0.2) is 36.4 Å². The molecule has 1 atom stereocenters. The first-order valence-electron chi connectivity index (χ1n) is 7.56. The van der Waals surface area contributed by atoms with E-state index in [-0.39, 0.29) is 12.4 Å². The van der Waals surface area contributed by atoms with Gasteiger partial charge in [-0.3, -0.25) is 4.79 Å². The van der Waals surface area contributed by atoms with Crippen molar-refractivity contribution in [2.24, 2.45) is 0 Å². The summed E-state index contributed by atoms with van der Waals surface area (Å²) in [4.78, 5) is 13.2. The number of aliphatic hydroxyl groups is 2. The highest BCUT2D eigenvalue weighted by Crippen LogP contribution is 2.23. The number of rotatable bonds is 5. The van der Waals surface area contributed by atoms with Crippen molar-refractivity contribution >= 4 is 22.2 Å². The summed E-state index contributed by atoms with van der Waals surface area (Å²) in [6.07, 6.45) is -0.754. The number of fused-ring (bicyclic) bond motifs is 1. The largest absolute Gasteiger partial charge is 0.394 e. The van der Waals surface area contributed by atoms with Gasteiger partial charge in [-0.25, -0.2) is 0 Å². The fourth-order valence-corrected chi connectivity index (χ4v) is 2.17. The minimum Gasteiger partial charge on any atom is -0.394 e. The average Bonchev–Trinajstić information content (AvgIpc) is 2.55. The fourth-order valence-electron chi connectivity index (χ4n) is 2.17. The minimum absolute atomic E-state index is 0.0548. The van der Waals surface area contributed by atoms with E-state index in [4.69, 9.17) is 5.11 Å². The van der Waals surface area contributed by atoms with Crippen LogP contribution in [0, 0.1) is 0 Å². The number of benzene rings is 2. The molecule has 2 aromatic rings. The smallest absolute Gasteiger partial charge is 0.159 e. The molecule has 2 rings (SSSR count). The zero-order valence-corrected chi connectivity index (χ0v) is 13.7. The van der Waals surface area contributed by atoms with Gasteiger partial charge in [-0.05, 0) is 35.9 Å². The van der Waals surface area contributed by atoms with Crippen LogP contribution in [-0.4, -0.2) is 42.3 Å². The van der Waals surface area contributed by atoms with E-state index in [0.29, 0.717) is 12.1 Å². The Hall–Kier alpha value is -1.91. The average molecular weight is 303 g/mol. The molecule has 2 aromatic carbocycles. The van der Waals surface area contributed by atoms with E-state index in [1.165, 1.54) is 0 Å². The minimum atomic E-state index is -0.754. The third-order valence-electron chi connectivity index (χ3n) is 3.37. The van der Waals surface area contributed by atoms with Crippen LogP contribution in [0.25, 0.3) is 10.8 Å². The highest BCUT2D eigenvalue weighted by molar-refractivity contribution is 5.99. The second kappa shape index (κ2) is 8.51. The van der Waals surface area contributed by atoms with Crippen LogP contribution in [0.1, 0.15) is 31.1 Å². The molecule has 0 saturated carbocycles. The van der Waals surface area contributed by atoms with E-state index in [1.807, 2.05) is 62.2 Å². The molecule has 2 N–H and O–H groups in total. The number of ketones is 1. The van der Waals surface area contributed by atoms with Gasteiger partial charge >= 0.3 is 0 Å². The molecular weight excluding hydrogens is 278 g/mol. The molecule has 0 bridgehead atoms. The van der Waals surface area contributed by atoms with Gasteiger partial charge in [-0.15, -0.1) is 0 Å². The molecule has 0 spiro atoms. The number of carbonyl (C=O) groups is 1. The highest BCUT2D eigenvalue weighted by Gasteiger charge is 2.08. The van der Waals surface area contributed by atoms with Crippen molar-refractivity contribution in [2.75, 3.05) is 25.1 Å². The van der Waals surface area contributed by atoms with Crippen LogP contribution in [0.4, 0.5) is 5.69 Å². The quantitative estimate of drug-likeness (QED) is 0.834. The number of hydrogen-bond donors (Lipinski definition) is 2. The van der Waals surface area contributed by atoms with Gasteiger partial charge in [0.05, 0.1) is 12.7 Å². The molecule has 0 aliphatic heterocycles. The summed E-state index contributed by atoms with van der Waals surface area (Å²) in [6, 6.07) is 11.5. The number of likely N-dealkylation sites (N-methyl/N-ethyl adjacent to an activating group) is 1. The molecule has 120 valence electrons. The maximum absolute atomic E-state index is 11.4. The molecule has 1 unspecified atom stereocenters. The number of carbonyl (C=O) groups excluding carboxylic acids is 1. The maximum atomic E-state index is 11.4. The molecule has 0 heterocycles. The lowest BCUT2D eigenvalue weighted by atomic mass is 10.0. The first-order valence-corrected chi connectivity index (χ1v) is 7.56. The Morgan fingerprint density at radius 2 is 1.73 bits per heavy atom. The molecule has 0 saturated heterocycles. The van der Waals surface area contributed by atoms with Gasteiger partial charge in [-0.2, -0.15) is 0 Å². The molecule has 4 heteroatoms. The third-order valence-corrected chi connectivity index (χ3v) is 3.37. The third kappa shape index (κ3) is 4.55. The normalized spacial score (nSPS) is 11.5. The molecule has 0 fully saturated rings. The van der Waals surface area contributed by atoms with Gasteiger partial charge in [-0.1, -0.05) is 32.0 Å². The number of hydrogen-bond acceptors (Lipinski definition) is 4.